The van der Waals surface area contributed by atoms with Gasteiger partial charge in [0.15, 0.2) is 6.10 Å². The van der Waals surface area contributed by atoms with Gasteiger partial charge in [-0.3, -0.25) is 19.2 Å². The van der Waals surface area contributed by atoms with Crippen LogP contribution in [0.1, 0.15) is 133 Å². The number of carbonyl (C=O) groups is 4. The van der Waals surface area contributed by atoms with Crippen LogP contribution in [-0.2, 0) is 25.5 Å². The third kappa shape index (κ3) is 13.3. The van der Waals surface area contributed by atoms with E-state index >= 15 is 0 Å². The number of hydrogen-bond acceptors (Lipinski definition) is 8. The molecule has 1 heterocycles. The van der Waals surface area contributed by atoms with E-state index in [1.165, 1.54) is 18.3 Å². The van der Waals surface area contributed by atoms with Gasteiger partial charge in [-0.25, -0.2) is 4.98 Å². The van der Waals surface area contributed by atoms with Gasteiger partial charge in [0.1, 0.15) is 16.5 Å². The molecule has 3 unspecified atom stereocenters. The fourth-order valence-corrected chi connectivity index (χ4v) is 6.47. The summed E-state index contributed by atoms with van der Waals surface area (Å²) in [6, 6.07) is 5.84. The summed E-state index contributed by atoms with van der Waals surface area (Å²) in [7, 11) is 0. The Kier molecular flexibility index (Phi) is 16.4. The molecular formula is C36H55N3O7S. The van der Waals surface area contributed by atoms with Crippen molar-refractivity contribution in [3.05, 3.63) is 45.9 Å². The standard InChI is InChI=1S/C36H55N3O7S/c1-8-10-12-13-19-39(32(42)14-11-9-2)30(24(3)4)21-31(46-25(5)40)34-38-29(23-47-34)33(43)37-27(22-36(6,7)35(44)45)20-26-15-17-28(41)18-16-26/h15-18,23-24,27,30-31,41H,8-14,19-22H2,1-7H3,(H,37,43)(H,44,45). The molecule has 3 atom stereocenters. The number of hydrogen-bond donors (Lipinski definition) is 3. The second-order valence-electron chi connectivity index (χ2n) is 13.4. The SMILES string of the molecule is CCCCCCN(C(=O)CCCC)C(CC(OC(C)=O)c1nc(C(=O)NC(Cc2ccc(O)cc2)CC(C)(C)C(=O)O)cs1)C(C)C. The number of esters is 1. The number of carboxylic acids is 1. The van der Waals surface area contributed by atoms with Crippen molar-refractivity contribution < 1.29 is 34.1 Å². The van der Waals surface area contributed by atoms with E-state index in [4.69, 9.17) is 4.74 Å². The molecule has 2 amide bonds. The number of aromatic nitrogens is 1. The van der Waals surface area contributed by atoms with Crippen LogP contribution in [0.25, 0.3) is 0 Å². The molecule has 11 heteroatoms. The van der Waals surface area contributed by atoms with Gasteiger partial charge in [0.05, 0.1) is 5.41 Å². The highest BCUT2D eigenvalue weighted by molar-refractivity contribution is 7.09. The number of nitrogens with zero attached hydrogens (tertiary/aromatic N) is 2. The Morgan fingerprint density at radius 1 is 1.02 bits per heavy atom. The molecule has 0 aliphatic heterocycles. The highest BCUT2D eigenvalue weighted by Gasteiger charge is 2.34. The lowest BCUT2D eigenvalue weighted by molar-refractivity contribution is -0.149. The average molecular weight is 674 g/mol. The van der Waals surface area contributed by atoms with Gasteiger partial charge in [-0.2, -0.15) is 0 Å². The van der Waals surface area contributed by atoms with Crippen molar-refractivity contribution in [2.24, 2.45) is 11.3 Å². The molecule has 0 aliphatic rings. The van der Waals surface area contributed by atoms with Crippen molar-refractivity contribution in [1.29, 1.82) is 0 Å². The summed E-state index contributed by atoms with van der Waals surface area (Å²) in [6.45, 7) is 13.5. The Morgan fingerprint density at radius 3 is 2.26 bits per heavy atom. The van der Waals surface area contributed by atoms with E-state index in [-0.39, 0.29) is 35.7 Å². The van der Waals surface area contributed by atoms with Crippen LogP contribution in [0.5, 0.6) is 5.75 Å². The summed E-state index contributed by atoms with van der Waals surface area (Å²) < 4.78 is 5.78. The Balaban J connectivity index is 2.33. The highest BCUT2D eigenvalue weighted by Crippen LogP contribution is 2.32. The maximum Gasteiger partial charge on any atom is 0.309 e. The first-order chi connectivity index (χ1) is 22.2. The van der Waals surface area contributed by atoms with E-state index in [0.29, 0.717) is 30.8 Å². The van der Waals surface area contributed by atoms with Crippen LogP contribution in [0.2, 0.25) is 0 Å². The van der Waals surface area contributed by atoms with Crippen molar-refractivity contribution in [1.82, 2.24) is 15.2 Å². The average Bonchev–Trinajstić information content (AvgIpc) is 3.50. The number of benzene rings is 1. The molecule has 1 aromatic carbocycles. The minimum atomic E-state index is -1.11. The number of unbranched alkanes of at least 4 members (excludes halogenated alkanes) is 4. The van der Waals surface area contributed by atoms with E-state index in [0.717, 1.165) is 44.1 Å². The van der Waals surface area contributed by atoms with Gasteiger partial charge in [0, 0.05) is 43.8 Å². The Bertz CT molecular complexity index is 1290. The zero-order chi connectivity index (χ0) is 35.1. The number of amides is 2. The maximum atomic E-state index is 13.5. The van der Waals surface area contributed by atoms with Crippen LogP contribution in [0, 0.1) is 11.3 Å². The van der Waals surface area contributed by atoms with E-state index in [9.17, 15) is 29.4 Å². The largest absolute Gasteiger partial charge is 0.508 e. The molecular weight excluding hydrogens is 618 g/mol. The molecule has 47 heavy (non-hydrogen) atoms. The highest BCUT2D eigenvalue weighted by atomic mass is 32.1. The number of phenols is 1. The molecule has 262 valence electrons. The molecule has 0 saturated heterocycles. The minimum Gasteiger partial charge on any atom is -0.508 e. The lowest BCUT2D eigenvalue weighted by Gasteiger charge is -2.36. The zero-order valence-corrected chi connectivity index (χ0v) is 30.0. The lowest BCUT2D eigenvalue weighted by atomic mass is 9.84. The first-order valence-electron chi connectivity index (χ1n) is 16.9. The van der Waals surface area contributed by atoms with Crippen LogP contribution in [0.15, 0.2) is 29.6 Å². The molecule has 0 saturated carbocycles. The number of aromatic hydroxyl groups is 1. The van der Waals surface area contributed by atoms with Crippen LogP contribution < -0.4 is 5.32 Å². The number of aliphatic carboxylic acids is 1. The predicted molar refractivity (Wildman–Crippen MR) is 184 cm³/mol. The van der Waals surface area contributed by atoms with E-state index in [1.54, 1.807) is 43.5 Å². The third-order valence-electron chi connectivity index (χ3n) is 8.37. The van der Waals surface area contributed by atoms with E-state index < -0.39 is 35.4 Å². The smallest absolute Gasteiger partial charge is 0.309 e. The van der Waals surface area contributed by atoms with Gasteiger partial charge in [-0.15, -0.1) is 11.3 Å². The van der Waals surface area contributed by atoms with Crippen molar-refractivity contribution >= 4 is 35.1 Å². The molecule has 0 radical (unpaired) electrons. The molecule has 10 nitrogen and oxygen atoms in total. The maximum absolute atomic E-state index is 13.5. The molecule has 0 aliphatic carbocycles. The van der Waals surface area contributed by atoms with E-state index in [1.807, 2.05) is 4.90 Å². The van der Waals surface area contributed by atoms with Gasteiger partial charge >= 0.3 is 11.9 Å². The predicted octanol–water partition coefficient (Wildman–Crippen LogP) is 7.31. The first-order valence-corrected chi connectivity index (χ1v) is 17.8. The summed E-state index contributed by atoms with van der Waals surface area (Å²) in [5.41, 5.74) is -0.135. The Hall–Kier alpha value is -3.47. The molecule has 0 spiro atoms. The number of rotatable bonds is 21. The minimum absolute atomic E-state index is 0.0887. The second kappa shape index (κ2) is 19.4. The number of carbonyl (C=O) groups excluding carboxylic acids is 3. The molecule has 0 fully saturated rings. The summed E-state index contributed by atoms with van der Waals surface area (Å²) in [5, 5.41) is 24.5. The summed E-state index contributed by atoms with van der Waals surface area (Å²) in [6.07, 6.45) is 6.47. The van der Waals surface area contributed by atoms with Gasteiger partial charge in [0.25, 0.3) is 5.91 Å². The van der Waals surface area contributed by atoms with E-state index in [2.05, 4.69) is 38.0 Å². The third-order valence-corrected chi connectivity index (χ3v) is 9.31. The van der Waals surface area contributed by atoms with Crippen LogP contribution in [-0.4, -0.2) is 62.5 Å². The first kappa shape index (κ1) is 39.7. The lowest BCUT2D eigenvalue weighted by Crippen LogP contribution is -2.45. The molecule has 2 rings (SSSR count). The number of ether oxygens (including phenoxy) is 1. The van der Waals surface area contributed by atoms with Crippen molar-refractivity contribution in [3.8, 4) is 5.75 Å². The Morgan fingerprint density at radius 2 is 1.68 bits per heavy atom. The number of thiazole rings is 1. The van der Waals surface area contributed by atoms with Crippen LogP contribution in [0.4, 0.5) is 0 Å². The summed E-state index contributed by atoms with van der Waals surface area (Å²) in [5.74, 6) is -1.61. The molecule has 1 aromatic heterocycles. The number of phenolic OH excluding ortho intramolecular Hbond substituents is 1. The van der Waals surface area contributed by atoms with Gasteiger partial charge in [-0.1, -0.05) is 65.5 Å². The molecule has 2 aromatic rings. The molecule has 0 bridgehead atoms. The Labute approximate surface area is 284 Å². The van der Waals surface area contributed by atoms with Gasteiger partial charge in [0.2, 0.25) is 5.91 Å². The zero-order valence-electron chi connectivity index (χ0n) is 29.2. The van der Waals surface area contributed by atoms with Crippen LogP contribution in [0.3, 0.4) is 0 Å². The van der Waals surface area contributed by atoms with Crippen molar-refractivity contribution in [2.45, 2.75) is 131 Å². The fraction of sp³-hybridized carbons (Fsp3) is 0.639. The molecule has 3 N–H and O–H groups in total. The van der Waals surface area contributed by atoms with Crippen molar-refractivity contribution in [2.75, 3.05) is 6.54 Å². The second-order valence-corrected chi connectivity index (χ2v) is 14.3. The quantitative estimate of drug-likeness (QED) is 0.0924. The summed E-state index contributed by atoms with van der Waals surface area (Å²) >= 11 is 1.22. The fourth-order valence-electron chi connectivity index (χ4n) is 5.63. The normalized spacial score (nSPS) is 13.5. The monoisotopic (exact) mass is 673 g/mol. The van der Waals surface area contributed by atoms with Crippen LogP contribution >= 0.6 is 11.3 Å². The van der Waals surface area contributed by atoms with Crippen molar-refractivity contribution in [3.63, 3.8) is 0 Å². The number of nitrogens with one attached hydrogen (secondary N) is 1. The van der Waals surface area contributed by atoms with Gasteiger partial charge < -0.3 is 25.2 Å². The topological polar surface area (TPSA) is 146 Å². The van der Waals surface area contributed by atoms with Gasteiger partial charge in [-0.05, 0) is 63.1 Å². The summed E-state index contributed by atoms with van der Waals surface area (Å²) in [4.78, 5) is 57.7. The number of carboxylic acid groups (broad SMARTS) is 1.